The van der Waals surface area contributed by atoms with Gasteiger partial charge in [0.1, 0.15) is 11.5 Å². The summed E-state index contributed by atoms with van der Waals surface area (Å²) in [7, 11) is 0. The van der Waals surface area contributed by atoms with Crippen LogP contribution < -0.4 is 0 Å². The predicted molar refractivity (Wildman–Crippen MR) is 118 cm³/mol. The maximum absolute atomic E-state index is 13.1. The lowest BCUT2D eigenvalue weighted by Crippen LogP contribution is -2.34. The molecule has 0 bridgehead atoms. The highest BCUT2D eigenvalue weighted by molar-refractivity contribution is 6.31. The first-order valence-corrected chi connectivity index (χ1v) is 10.6. The lowest BCUT2D eigenvalue weighted by molar-refractivity contribution is 0.103. The molecule has 0 radical (unpaired) electrons. The number of benzene rings is 3. The van der Waals surface area contributed by atoms with Crippen molar-refractivity contribution in [2.24, 2.45) is 0 Å². The van der Waals surface area contributed by atoms with Crippen molar-refractivity contribution in [1.29, 1.82) is 0 Å². The number of piperidine rings is 1. The first kappa shape index (κ1) is 20.5. The minimum Gasteiger partial charge on any atom is -0.507 e. The summed E-state index contributed by atoms with van der Waals surface area (Å²) in [6, 6.07) is 18.8. The number of hydrogen-bond acceptors (Lipinski definition) is 4. The van der Waals surface area contributed by atoms with Gasteiger partial charge >= 0.3 is 0 Å². The predicted octanol–water partition coefficient (Wildman–Crippen LogP) is 5.56. The highest BCUT2D eigenvalue weighted by Crippen LogP contribution is 2.44. The molecule has 4 rings (SSSR count). The molecule has 154 valence electrons. The van der Waals surface area contributed by atoms with Gasteiger partial charge in [-0.2, -0.15) is 0 Å². The summed E-state index contributed by atoms with van der Waals surface area (Å²) >= 11 is 6.53. The standard InChI is InChI=1S/C25H24ClNO3/c26-20-12-6-5-11-18(20)23(27-15-7-2-8-16-27)22-21(28)14-13-19(25(22)30)24(29)17-9-3-1-4-10-17/h1,3-6,9-14,23,28,30H,2,7-8,15-16H2/t23-/m0/s1. The van der Waals surface area contributed by atoms with Gasteiger partial charge < -0.3 is 10.2 Å². The number of phenols is 2. The molecule has 0 aliphatic carbocycles. The van der Waals surface area contributed by atoms with Crippen molar-refractivity contribution in [3.05, 3.63) is 94.0 Å². The second-order valence-electron chi connectivity index (χ2n) is 7.61. The number of phenolic OH excluding ortho intramolecular Hbond substituents is 2. The largest absolute Gasteiger partial charge is 0.507 e. The lowest BCUT2D eigenvalue weighted by Gasteiger charge is -2.36. The van der Waals surface area contributed by atoms with Crippen LogP contribution in [0.2, 0.25) is 5.02 Å². The number of nitrogens with zero attached hydrogens (tertiary/aromatic N) is 1. The zero-order valence-electron chi connectivity index (χ0n) is 16.6. The van der Waals surface area contributed by atoms with Crippen LogP contribution >= 0.6 is 11.6 Å². The zero-order valence-corrected chi connectivity index (χ0v) is 17.3. The molecule has 3 aromatic rings. The summed E-state index contributed by atoms with van der Waals surface area (Å²) in [6.07, 6.45) is 3.21. The minimum absolute atomic E-state index is 0.0485. The topological polar surface area (TPSA) is 60.8 Å². The van der Waals surface area contributed by atoms with Crippen LogP contribution in [-0.4, -0.2) is 34.0 Å². The number of hydrogen-bond donors (Lipinski definition) is 2. The third-order valence-electron chi connectivity index (χ3n) is 5.70. The van der Waals surface area contributed by atoms with Crippen LogP contribution in [0.3, 0.4) is 0 Å². The summed E-state index contributed by atoms with van der Waals surface area (Å²) in [6.45, 7) is 1.65. The molecule has 0 unspecified atom stereocenters. The highest BCUT2D eigenvalue weighted by atomic mass is 35.5. The molecule has 1 fully saturated rings. The van der Waals surface area contributed by atoms with Crippen molar-refractivity contribution in [3.63, 3.8) is 0 Å². The van der Waals surface area contributed by atoms with E-state index in [9.17, 15) is 15.0 Å². The Labute approximate surface area is 181 Å². The molecule has 0 saturated carbocycles. The minimum atomic E-state index is -0.442. The van der Waals surface area contributed by atoms with Crippen LogP contribution in [0.4, 0.5) is 0 Å². The van der Waals surface area contributed by atoms with Gasteiger partial charge in [-0.3, -0.25) is 9.69 Å². The number of carbonyl (C=O) groups excluding carboxylic acids is 1. The zero-order chi connectivity index (χ0) is 21.1. The number of rotatable bonds is 5. The van der Waals surface area contributed by atoms with Gasteiger partial charge in [-0.1, -0.05) is 66.6 Å². The van der Waals surface area contributed by atoms with E-state index >= 15 is 0 Å². The van der Waals surface area contributed by atoms with Crippen molar-refractivity contribution in [3.8, 4) is 11.5 Å². The molecule has 2 N–H and O–H groups in total. The number of likely N-dealkylation sites (tertiary alicyclic amines) is 1. The molecule has 30 heavy (non-hydrogen) atoms. The molecule has 3 aromatic carbocycles. The Morgan fingerprint density at radius 1 is 0.867 bits per heavy atom. The Kier molecular flexibility index (Phi) is 6.07. The van der Waals surface area contributed by atoms with E-state index in [1.165, 1.54) is 12.1 Å². The maximum atomic E-state index is 13.1. The summed E-state index contributed by atoms with van der Waals surface area (Å²) in [5.74, 6) is -0.530. The second kappa shape index (κ2) is 8.90. The molecule has 1 saturated heterocycles. The van der Waals surface area contributed by atoms with E-state index in [0.717, 1.165) is 37.9 Å². The van der Waals surface area contributed by atoms with Crippen LogP contribution in [0.25, 0.3) is 0 Å². The van der Waals surface area contributed by atoms with Gasteiger partial charge in [0, 0.05) is 10.6 Å². The number of halogens is 1. The molecule has 1 aliphatic rings. The number of aromatic hydroxyl groups is 2. The smallest absolute Gasteiger partial charge is 0.196 e. The van der Waals surface area contributed by atoms with Crippen LogP contribution in [-0.2, 0) is 0 Å². The van der Waals surface area contributed by atoms with Crippen LogP contribution in [0.15, 0.2) is 66.7 Å². The van der Waals surface area contributed by atoms with Gasteiger partial charge in [0.25, 0.3) is 0 Å². The maximum Gasteiger partial charge on any atom is 0.196 e. The first-order valence-electron chi connectivity index (χ1n) is 10.2. The van der Waals surface area contributed by atoms with Crippen molar-refractivity contribution in [2.45, 2.75) is 25.3 Å². The van der Waals surface area contributed by atoms with E-state index < -0.39 is 6.04 Å². The fourth-order valence-electron chi connectivity index (χ4n) is 4.20. The van der Waals surface area contributed by atoms with Crippen molar-refractivity contribution in [2.75, 3.05) is 13.1 Å². The molecule has 1 heterocycles. The molecule has 4 nitrogen and oxygen atoms in total. The van der Waals surface area contributed by atoms with Gasteiger partial charge in [-0.05, 0) is 49.7 Å². The van der Waals surface area contributed by atoms with E-state index in [0.29, 0.717) is 16.1 Å². The van der Waals surface area contributed by atoms with E-state index in [-0.39, 0.29) is 22.8 Å². The fraction of sp³-hybridized carbons (Fsp3) is 0.240. The van der Waals surface area contributed by atoms with Gasteiger partial charge in [0.05, 0.1) is 17.2 Å². The number of carbonyl (C=O) groups is 1. The monoisotopic (exact) mass is 421 g/mol. The van der Waals surface area contributed by atoms with Crippen LogP contribution in [0, 0.1) is 0 Å². The van der Waals surface area contributed by atoms with Gasteiger partial charge in [0.15, 0.2) is 5.78 Å². The average Bonchev–Trinajstić information content (AvgIpc) is 2.78. The third kappa shape index (κ3) is 3.93. The van der Waals surface area contributed by atoms with Crippen molar-refractivity contribution in [1.82, 2.24) is 4.90 Å². The summed E-state index contributed by atoms with van der Waals surface area (Å²) in [5, 5.41) is 22.5. The van der Waals surface area contributed by atoms with Crippen molar-refractivity contribution >= 4 is 17.4 Å². The van der Waals surface area contributed by atoms with E-state index in [4.69, 9.17) is 11.6 Å². The molecule has 0 spiro atoms. The Hall–Kier alpha value is -2.82. The quantitative estimate of drug-likeness (QED) is 0.529. The highest BCUT2D eigenvalue weighted by Gasteiger charge is 2.32. The van der Waals surface area contributed by atoms with E-state index in [1.54, 1.807) is 30.3 Å². The van der Waals surface area contributed by atoms with E-state index in [1.807, 2.05) is 24.3 Å². The summed E-state index contributed by atoms with van der Waals surface area (Å²) in [4.78, 5) is 15.3. The summed E-state index contributed by atoms with van der Waals surface area (Å²) < 4.78 is 0. The third-order valence-corrected chi connectivity index (χ3v) is 6.05. The van der Waals surface area contributed by atoms with Gasteiger partial charge in [-0.25, -0.2) is 0 Å². The first-order chi connectivity index (χ1) is 14.6. The molecule has 1 atom stereocenters. The molecular formula is C25H24ClNO3. The van der Waals surface area contributed by atoms with Crippen molar-refractivity contribution < 1.29 is 15.0 Å². The normalized spacial score (nSPS) is 15.6. The Bertz CT molecular complexity index is 1050. The SMILES string of the molecule is O=C(c1ccccc1)c1ccc(O)c([C@H](c2ccccc2Cl)N2CCCCC2)c1O. The van der Waals surface area contributed by atoms with Crippen LogP contribution in [0.5, 0.6) is 11.5 Å². The summed E-state index contributed by atoms with van der Waals surface area (Å²) in [5.41, 5.74) is 1.78. The fourth-order valence-corrected chi connectivity index (χ4v) is 4.44. The Morgan fingerprint density at radius 2 is 1.53 bits per heavy atom. The molecule has 0 amide bonds. The molecule has 0 aromatic heterocycles. The second-order valence-corrected chi connectivity index (χ2v) is 8.02. The van der Waals surface area contributed by atoms with Gasteiger partial charge in [0.2, 0.25) is 0 Å². The van der Waals surface area contributed by atoms with Crippen LogP contribution in [0.1, 0.15) is 52.4 Å². The molecular weight excluding hydrogens is 398 g/mol. The van der Waals surface area contributed by atoms with E-state index in [2.05, 4.69) is 4.90 Å². The van der Waals surface area contributed by atoms with Gasteiger partial charge in [-0.15, -0.1) is 0 Å². The lowest BCUT2D eigenvalue weighted by atomic mass is 9.90. The Morgan fingerprint density at radius 3 is 2.23 bits per heavy atom. The Balaban J connectivity index is 1.86. The molecule has 1 aliphatic heterocycles. The average molecular weight is 422 g/mol. The molecule has 5 heteroatoms. The number of ketones is 1.